The van der Waals surface area contributed by atoms with Crippen molar-refractivity contribution in [1.29, 1.82) is 0 Å². The predicted octanol–water partition coefficient (Wildman–Crippen LogP) is 3.14. The number of esters is 1. The summed E-state index contributed by atoms with van der Waals surface area (Å²) in [7, 11) is 0. The van der Waals surface area contributed by atoms with Crippen molar-refractivity contribution in [2.45, 2.75) is 19.6 Å². The SMILES string of the molecule is CC(OC(=O)c1ccc([N+](=O)[O-])cc1Cl)C(=O)N1CCN(Cc2ccccc2)CC1. The zero-order valence-corrected chi connectivity index (χ0v) is 17.2. The molecule has 9 heteroatoms. The van der Waals surface area contributed by atoms with Crippen LogP contribution in [0.1, 0.15) is 22.8 Å². The number of hydrogen-bond acceptors (Lipinski definition) is 6. The summed E-state index contributed by atoms with van der Waals surface area (Å²) < 4.78 is 5.26. The number of nitrogens with zero attached hydrogens (tertiary/aromatic N) is 3. The number of carbonyl (C=O) groups is 2. The number of halogens is 1. The molecule has 0 radical (unpaired) electrons. The third-order valence-electron chi connectivity index (χ3n) is 4.95. The topological polar surface area (TPSA) is 93.0 Å². The van der Waals surface area contributed by atoms with Crippen molar-refractivity contribution in [1.82, 2.24) is 9.80 Å². The van der Waals surface area contributed by atoms with Gasteiger partial charge < -0.3 is 9.64 Å². The maximum absolute atomic E-state index is 12.7. The molecule has 1 saturated heterocycles. The normalized spacial score (nSPS) is 15.5. The zero-order chi connectivity index (χ0) is 21.7. The van der Waals surface area contributed by atoms with E-state index in [0.717, 1.165) is 25.7 Å². The molecule has 2 aromatic carbocycles. The number of hydrogen-bond donors (Lipinski definition) is 0. The highest BCUT2D eigenvalue weighted by atomic mass is 35.5. The first-order chi connectivity index (χ1) is 14.3. The number of nitro groups is 1. The van der Waals surface area contributed by atoms with E-state index in [4.69, 9.17) is 16.3 Å². The van der Waals surface area contributed by atoms with Gasteiger partial charge >= 0.3 is 5.97 Å². The molecule has 1 aliphatic rings. The molecule has 8 nitrogen and oxygen atoms in total. The van der Waals surface area contributed by atoms with Crippen molar-refractivity contribution in [2.24, 2.45) is 0 Å². The molecular formula is C21H22ClN3O5. The largest absolute Gasteiger partial charge is 0.449 e. The Morgan fingerprint density at radius 1 is 1.13 bits per heavy atom. The van der Waals surface area contributed by atoms with Gasteiger partial charge in [0.25, 0.3) is 11.6 Å². The van der Waals surface area contributed by atoms with Gasteiger partial charge in [0, 0.05) is 44.9 Å². The highest BCUT2D eigenvalue weighted by molar-refractivity contribution is 6.33. The summed E-state index contributed by atoms with van der Waals surface area (Å²) in [4.78, 5) is 39.1. The molecule has 1 fully saturated rings. The zero-order valence-electron chi connectivity index (χ0n) is 16.5. The molecule has 0 saturated carbocycles. The van der Waals surface area contributed by atoms with Crippen LogP contribution in [0.15, 0.2) is 48.5 Å². The third-order valence-corrected chi connectivity index (χ3v) is 5.26. The Hall–Kier alpha value is -2.97. The average Bonchev–Trinajstić information content (AvgIpc) is 2.74. The number of piperazine rings is 1. The fourth-order valence-electron chi connectivity index (χ4n) is 3.28. The highest BCUT2D eigenvalue weighted by Crippen LogP contribution is 2.23. The number of ether oxygens (including phenoxy) is 1. The van der Waals surface area contributed by atoms with Gasteiger partial charge in [0.05, 0.1) is 15.5 Å². The standard InChI is InChI=1S/C21H22ClN3O5/c1-15(30-21(27)18-8-7-17(25(28)29)13-19(18)22)20(26)24-11-9-23(10-12-24)14-16-5-3-2-4-6-16/h2-8,13,15H,9-12,14H2,1H3. The lowest BCUT2D eigenvalue weighted by molar-refractivity contribution is -0.384. The van der Waals surface area contributed by atoms with Crippen molar-refractivity contribution >= 4 is 29.2 Å². The van der Waals surface area contributed by atoms with E-state index in [9.17, 15) is 19.7 Å². The van der Waals surface area contributed by atoms with E-state index in [1.807, 2.05) is 18.2 Å². The van der Waals surface area contributed by atoms with E-state index in [2.05, 4.69) is 17.0 Å². The lowest BCUT2D eigenvalue weighted by Crippen LogP contribution is -2.51. The van der Waals surface area contributed by atoms with E-state index in [1.54, 1.807) is 4.90 Å². The van der Waals surface area contributed by atoms with Crippen LogP contribution in [0, 0.1) is 10.1 Å². The molecule has 0 aliphatic carbocycles. The highest BCUT2D eigenvalue weighted by Gasteiger charge is 2.28. The summed E-state index contributed by atoms with van der Waals surface area (Å²) in [5.74, 6) is -1.07. The maximum atomic E-state index is 12.7. The van der Waals surface area contributed by atoms with Crippen LogP contribution in [0.3, 0.4) is 0 Å². The van der Waals surface area contributed by atoms with Gasteiger partial charge in [-0.15, -0.1) is 0 Å². The van der Waals surface area contributed by atoms with E-state index in [-0.39, 0.29) is 22.2 Å². The summed E-state index contributed by atoms with van der Waals surface area (Å²) in [5.41, 5.74) is 0.975. The van der Waals surface area contributed by atoms with Gasteiger partial charge in [0.2, 0.25) is 0 Å². The van der Waals surface area contributed by atoms with Crippen molar-refractivity contribution in [3.63, 3.8) is 0 Å². The molecule has 2 aromatic rings. The Morgan fingerprint density at radius 2 is 1.80 bits per heavy atom. The van der Waals surface area contributed by atoms with Crippen LogP contribution in [0.5, 0.6) is 0 Å². The van der Waals surface area contributed by atoms with E-state index in [1.165, 1.54) is 24.6 Å². The summed E-state index contributed by atoms with van der Waals surface area (Å²) in [6.45, 7) is 4.89. The number of non-ortho nitro benzene ring substituents is 1. The van der Waals surface area contributed by atoms with Gasteiger partial charge in [-0.05, 0) is 18.6 Å². The van der Waals surface area contributed by atoms with Crippen molar-refractivity contribution < 1.29 is 19.2 Å². The molecular weight excluding hydrogens is 410 g/mol. The molecule has 1 aliphatic heterocycles. The fourth-order valence-corrected chi connectivity index (χ4v) is 3.53. The number of nitro benzene ring substituents is 1. The molecule has 0 N–H and O–H groups in total. The van der Waals surface area contributed by atoms with Crippen LogP contribution in [0.4, 0.5) is 5.69 Å². The number of carbonyl (C=O) groups excluding carboxylic acids is 2. The van der Waals surface area contributed by atoms with Crippen molar-refractivity contribution in [3.8, 4) is 0 Å². The first-order valence-corrected chi connectivity index (χ1v) is 9.93. The van der Waals surface area contributed by atoms with Gasteiger partial charge in [-0.1, -0.05) is 41.9 Å². The quantitative estimate of drug-likeness (QED) is 0.396. The lowest BCUT2D eigenvalue weighted by Gasteiger charge is -2.35. The van der Waals surface area contributed by atoms with Gasteiger partial charge in [0.15, 0.2) is 6.10 Å². The van der Waals surface area contributed by atoms with Crippen LogP contribution in [0.25, 0.3) is 0 Å². The van der Waals surface area contributed by atoms with Gasteiger partial charge in [-0.25, -0.2) is 4.79 Å². The second-order valence-corrected chi connectivity index (χ2v) is 7.46. The molecule has 30 heavy (non-hydrogen) atoms. The predicted molar refractivity (Wildman–Crippen MR) is 111 cm³/mol. The first-order valence-electron chi connectivity index (χ1n) is 9.55. The molecule has 0 spiro atoms. The maximum Gasteiger partial charge on any atom is 0.340 e. The molecule has 1 amide bonds. The van der Waals surface area contributed by atoms with E-state index < -0.39 is 17.0 Å². The monoisotopic (exact) mass is 431 g/mol. The fraction of sp³-hybridized carbons (Fsp3) is 0.333. The van der Waals surface area contributed by atoms with Crippen LogP contribution in [-0.4, -0.2) is 58.9 Å². The Bertz CT molecular complexity index is 929. The molecule has 1 atom stereocenters. The smallest absolute Gasteiger partial charge is 0.340 e. The van der Waals surface area contributed by atoms with Crippen LogP contribution in [-0.2, 0) is 16.1 Å². The molecule has 0 bridgehead atoms. The summed E-state index contributed by atoms with van der Waals surface area (Å²) in [6, 6.07) is 13.6. The van der Waals surface area contributed by atoms with Crippen molar-refractivity contribution in [3.05, 3.63) is 74.8 Å². The first kappa shape index (κ1) is 21.7. The molecule has 1 unspecified atom stereocenters. The Balaban J connectivity index is 1.52. The summed E-state index contributed by atoms with van der Waals surface area (Å²) >= 11 is 5.96. The van der Waals surface area contributed by atoms with Crippen molar-refractivity contribution in [2.75, 3.05) is 26.2 Å². The second kappa shape index (κ2) is 9.69. The molecule has 3 rings (SSSR count). The van der Waals surface area contributed by atoms with Crippen LogP contribution in [0.2, 0.25) is 5.02 Å². The Labute approximate surface area is 179 Å². The minimum Gasteiger partial charge on any atom is -0.449 e. The van der Waals surface area contributed by atoms with E-state index >= 15 is 0 Å². The van der Waals surface area contributed by atoms with Crippen LogP contribution >= 0.6 is 11.6 Å². The van der Waals surface area contributed by atoms with Gasteiger partial charge in [0.1, 0.15) is 0 Å². The van der Waals surface area contributed by atoms with Gasteiger partial charge in [-0.2, -0.15) is 0 Å². The average molecular weight is 432 g/mol. The summed E-state index contributed by atoms with van der Waals surface area (Å²) in [6.07, 6.45) is -0.982. The minimum absolute atomic E-state index is 0.0189. The van der Waals surface area contributed by atoms with Gasteiger partial charge in [-0.3, -0.25) is 19.8 Å². The third kappa shape index (κ3) is 5.34. The number of amides is 1. The minimum atomic E-state index is -0.982. The molecule has 158 valence electrons. The van der Waals surface area contributed by atoms with Crippen LogP contribution < -0.4 is 0 Å². The molecule has 0 aromatic heterocycles. The Kier molecular flexibility index (Phi) is 7.02. The second-order valence-electron chi connectivity index (χ2n) is 7.06. The Morgan fingerprint density at radius 3 is 2.40 bits per heavy atom. The number of benzene rings is 2. The number of rotatable bonds is 6. The summed E-state index contributed by atoms with van der Waals surface area (Å²) in [5, 5.41) is 10.7. The van der Waals surface area contributed by atoms with E-state index in [0.29, 0.717) is 13.1 Å². The molecule has 1 heterocycles. The lowest BCUT2D eigenvalue weighted by atomic mass is 10.2.